The zero-order valence-electron chi connectivity index (χ0n) is 15.6. The molecule has 0 heterocycles. The number of nitrogens with two attached hydrogens (primary N) is 1. The Morgan fingerprint density at radius 3 is 2.46 bits per heavy atom. The number of guanidine groups is 1. The molecule has 26 heavy (non-hydrogen) atoms. The highest BCUT2D eigenvalue weighted by molar-refractivity contribution is 5.92. The molecular weight excluding hydrogens is 330 g/mol. The number of carbonyl (C=O) groups is 1. The first kappa shape index (κ1) is 19.3. The van der Waals surface area contributed by atoms with Crippen LogP contribution in [0.3, 0.4) is 0 Å². The summed E-state index contributed by atoms with van der Waals surface area (Å²) in [4.78, 5) is 16.4. The molecule has 0 unspecified atom stereocenters. The molecule has 0 amide bonds. The lowest BCUT2D eigenvalue weighted by atomic mass is 10.1. The summed E-state index contributed by atoms with van der Waals surface area (Å²) in [6.07, 6.45) is 0. The fraction of sp³-hybridized carbons (Fsp3) is 0.300. The summed E-state index contributed by atoms with van der Waals surface area (Å²) >= 11 is 0. The van der Waals surface area contributed by atoms with Crippen molar-refractivity contribution in [1.82, 2.24) is 0 Å². The van der Waals surface area contributed by atoms with Gasteiger partial charge >= 0.3 is 5.97 Å². The van der Waals surface area contributed by atoms with E-state index in [0.717, 1.165) is 17.0 Å². The van der Waals surface area contributed by atoms with Crippen molar-refractivity contribution in [3.8, 4) is 5.75 Å². The molecule has 138 valence electrons. The highest BCUT2D eigenvalue weighted by Gasteiger charge is 2.17. The normalized spacial score (nSPS) is 11.8. The summed E-state index contributed by atoms with van der Waals surface area (Å²) in [5.74, 6) is 0.704. The minimum Gasteiger partial charge on any atom is -0.497 e. The molecule has 0 fully saturated rings. The molecule has 0 aliphatic carbocycles. The molecule has 0 aromatic heterocycles. The number of methoxy groups -OCH3 is 1. The number of hydrogen-bond acceptors (Lipinski definition) is 4. The van der Waals surface area contributed by atoms with E-state index in [4.69, 9.17) is 15.2 Å². The first-order chi connectivity index (χ1) is 12.3. The summed E-state index contributed by atoms with van der Waals surface area (Å²) < 4.78 is 10.5. The lowest BCUT2D eigenvalue weighted by Gasteiger charge is -2.19. The van der Waals surface area contributed by atoms with Gasteiger partial charge in [-0.05, 0) is 62.7 Å². The number of nitrogens with zero attached hydrogens (tertiary/aromatic N) is 1. The monoisotopic (exact) mass is 355 g/mol. The largest absolute Gasteiger partial charge is 0.497 e. The summed E-state index contributed by atoms with van der Waals surface area (Å²) in [5, 5.41) is 3.01. The topological polar surface area (TPSA) is 85.9 Å². The zero-order chi connectivity index (χ0) is 19.2. The standard InChI is InChI=1S/C20H25N3O3/c1-20(2,3)26-18(24)15-7-5-6-14(12-15)13-22-19(21)23-16-8-10-17(25-4)11-9-16/h5-12H,13H2,1-4H3,(H3,21,22,23). The second-order valence-electron chi connectivity index (χ2n) is 6.76. The molecule has 0 saturated heterocycles. The minimum absolute atomic E-state index is 0.290. The SMILES string of the molecule is COc1ccc(NC(N)=NCc2cccc(C(=O)OC(C)(C)C)c2)cc1. The van der Waals surface area contributed by atoms with Crippen LogP contribution < -0.4 is 15.8 Å². The maximum absolute atomic E-state index is 12.1. The van der Waals surface area contributed by atoms with E-state index >= 15 is 0 Å². The Labute approximate surface area is 154 Å². The van der Waals surface area contributed by atoms with Gasteiger partial charge in [-0.1, -0.05) is 12.1 Å². The average molecular weight is 355 g/mol. The quantitative estimate of drug-likeness (QED) is 0.486. The van der Waals surface area contributed by atoms with E-state index < -0.39 is 5.60 Å². The van der Waals surface area contributed by atoms with Gasteiger partial charge in [0.1, 0.15) is 11.4 Å². The number of esters is 1. The van der Waals surface area contributed by atoms with Crippen LogP contribution >= 0.6 is 0 Å². The van der Waals surface area contributed by atoms with Gasteiger partial charge in [0.25, 0.3) is 0 Å². The summed E-state index contributed by atoms with van der Waals surface area (Å²) in [5.41, 5.74) is 7.57. The van der Waals surface area contributed by atoms with Crippen molar-refractivity contribution in [1.29, 1.82) is 0 Å². The number of carbonyl (C=O) groups excluding carboxylic acids is 1. The van der Waals surface area contributed by atoms with Gasteiger partial charge in [0.15, 0.2) is 5.96 Å². The van der Waals surface area contributed by atoms with E-state index in [1.807, 2.05) is 51.1 Å². The van der Waals surface area contributed by atoms with Crippen LogP contribution in [0.25, 0.3) is 0 Å². The van der Waals surface area contributed by atoms with Crippen molar-refractivity contribution in [2.24, 2.45) is 10.7 Å². The van der Waals surface area contributed by atoms with Crippen LogP contribution in [-0.4, -0.2) is 24.6 Å². The van der Waals surface area contributed by atoms with Crippen LogP contribution in [0, 0.1) is 0 Å². The summed E-state index contributed by atoms with van der Waals surface area (Å²) in [6, 6.07) is 14.5. The fourth-order valence-electron chi connectivity index (χ4n) is 2.17. The third kappa shape index (κ3) is 6.12. The second-order valence-corrected chi connectivity index (χ2v) is 6.76. The number of rotatable bonds is 5. The molecule has 0 spiro atoms. The Morgan fingerprint density at radius 2 is 1.85 bits per heavy atom. The van der Waals surface area contributed by atoms with Crippen LogP contribution in [0.2, 0.25) is 0 Å². The van der Waals surface area contributed by atoms with Gasteiger partial charge < -0.3 is 20.5 Å². The molecule has 0 saturated carbocycles. The van der Waals surface area contributed by atoms with Crippen molar-refractivity contribution < 1.29 is 14.3 Å². The number of nitrogens with one attached hydrogen (secondary N) is 1. The van der Waals surface area contributed by atoms with Gasteiger partial charge in [-0.2, -0.15) is 0 Å². The number of benzene rings is 2. The van der Waals surface area contributed by atoms with E-state index in [-0.39, 0.29) is 11.9 Å². The predicted molar refractivity (Wildman–Crippen MR) is 104 cm³/mol. The second kappa shape index (κ2) is 8.38. The van der Waals surface area contributed by atoms with E-state index in [9.17, 15) is 4.79 Å². The molecule has 0 bridgehead atoms. The van der Waals surface area contributed by atoms with E-state index in [1.54, 1.807) is 25.3 Å². The van der Waals surface area contributed by atoms with E-state index in [0.29, 0.717) is 12.1 Å². The molecule has 2 aromatic carbocycles. The van der Waals surface area contributed by atoms with Gasteiger partial charge in [-0.15, -0.1) is 0 Å². The average Bonchev–Trinajstić information content (AvgIpc) is 2.59. The Hall–Kier alpha value is -3.02. The number of anilines is 1. The lowest BCUT2D eigenvalue weighted by molar-refractivity contribution is 0.00694. The molecule has 2 aromatic rings. The first-order valence-corrected chi connectivity index (χ1v) is 8.30. The molecule has 0 aliphatic heterocycles. The lowest BCUT2D eigenvalue weighted by Crippen LogP contribution is -2.24. The molecule has 3 N–H and O–H groups in total. The zero-order valence-corrected chi connectivity index (χ0v) is 15.6. The Morgan fingerprint density at radius 1 is 1.15 bits per heavy atom. The summed E-state index contributed by atoms with van der Waals surface area (Å²) in [7, 11) is 1.61. The minimum atomic E-state index is -0.530. The summed E-state index contributed by atoms with van der Waals surface area (Å²) in [6.45, 7) is 5.87. The molecular formula is C20H25N3O3. The predicted octanol–water partition coefficient (Wildman–Crippen LogP) is 3.58. The first-order valence-electron chi connectivity index (χ1n) is 8.30. The Balaban J connectivity index is 2.00. The van der Waals surface area contributed by atoms with Gasteiger partial charge in [0.2, 0.25) is 0 Å². The highest BCUT2D eigenvalue weighted by Crippen LogP contribution is 2.15. The maximum atomic E-state index is 12.1. The van der Waals surface area contributed by atoms with Crippen LogP contribution in [0.4, 0.5) is 5.69 Å². The van der Waals surface area contributed by atoms with Crippen molar-refractivity contribution in [3.05, 3.63) is 59.7 Å². The van der Waals surface area contributed by atoms with Gasteiger partial charge in [0.05, 0.1) is 19.2 Å². The number of hydrogen-bond donors (Lipinski definition) is 2. The van der Waals surface area contributed by atoms with Crippen LogP contribution in [0.5, 0.6) is 5.75 Å². The smallest absolute Gasteiger partial charge is 0.338 e. The Bertz CT molecular complexity index is 778. The van der Waals surface area contributed by atoms with Crippen LogP contribution in [-0.2, 0) is 11.3 Å². The van der Waals surface area contributed by atoms with E-state index in [1.165, 1.54) is 0 Å². The van der Waals surface area contributed by atoms with Crippen molar-refractivity contribution in [2.45, 2.75) is 32.9 Å². The van der Waals surface area contributed by atoms with Crippen LogP contribution in [0.1, 0.15) is 36.7 Å². The third-order valence-corrected chi connectivity index (χ3v) is 3.36. The van der Waals surface area contributed by atoms with Crippen molar-refractivity contribution in [2.75, 3.05) is 12.4 Å². The molecule has 2 rings (SSSR count). The molecule has 0 aliphatic rings. The molecule has 6 heteroatoms. The van der Waals surface area contributed by atoms with E-state index in [2.05, 4.69) is 10.3 Å². The van der Waals surface area contributed by atoms with Crippen LogP contribution in [0.15, 0.2) is 53.5 Å². The molecule has 6 nitrogen and oxygen atoms in total. The number of ether oxygens (including phenoxy) is 2. The maximum Gasteiger partial charge on any atom is 0.338 e. The highest BCUT2D eigenvalue weighted by atomic mass is 16.6. The molecule has 0 atom stereocenters. The third-order valence-electron chi connectivity index (χ3n) is 3.36. The van der Waals surface area contributed by atoms with Gasteiger partial charge in [-0.25, -0.2) is 9.79 Å². The fourth-order valence-corrected chi connectivity index (χ4v) is 2.17. The molecule has 0 radical (unpaired) electrons. The van der Waals surface area contributed by atoms with Gasteiger partial charge in [-0.3, -0.25) is 0 Å². The van der Waals surface area contributed by atoms with Crippen molar-refractivity contribution in [3.63, 3.8) is 0 Å². The number of aliphatic imine (C=N–C) groups is 1. The van der Waals surface area contributed by atoms with Crippen molar-refractivity contribution >= 4 is 17.6 Å². The van der Waals surface area contributed by atoms with Gasteiger partial charge in [0, 0.05) is 5.69 Å². The Kier molecular flexibility index (Phi) is 6.22.